The van der Waals surface area contributed by atoms with Crippen LogP contribution in [0.5, 0.6) is 17.2 Å². The summed E-state index contributed by atoms with van der Waals surface area (Å²) in [6, 6.07) is 17.8. The Morgan fingerprint density at radius 2 is 1.68 bits per heavy atom. The molecule has 1 aromatic heterocycles. The number of aliphatic hydroxyl groups is 1. The van der Waals surface area contributed by atoms with Gasteiger partial charge in [-0.2, -0.15) is 0 Å². The Labute approximate surface area is 241 Å². The fraction of sp³-hybridized carbons (Fsp3) is 0.455. The summed E-state index contributed by atoms with van der Waals surface area (Å²) in [5, 5.41) is 10.0. The lowest BCUT2D eigenvalue weighted by molar-refractivity contribution is -0.102. The van der Waals surface area contributed by atoms with E-state index in [1.807, 2.05) is 23.1 Å². The van der Waals surface area contributed by atoms with Crippen LogP contribution in [0.15, 0.2) is 60.8 Å². The molecular formula is C33H39N3O5. The van der Waals surface area contributed by atoms with Gasteiger partial charge >= 0.3 is 0 Å². The number of hydrogen-bond acceptors (Lipinski definition) is 7. The van der Waals surface area contributed by atoms with Crippen molar-refractivity contribution in [2.45, 2.75) is 50.9 Å². The van der Waals surface area contributed by atoms with Gasteiger partial charge in [0.2, 0.25) is 0 Å². The molecular weight excluding hydrogens is 518 g/mol. The van der Waals surface area contributed by atoms with Gasteiger partial charge in [0.15, 0.2) is 0 Å². The number of aromatic nitrogens is 1. The fourth-order valence-electron chi connectivity index (χ4n) is 6.67. The molecule has 2 aromatic carbocycles. The molecule has 6 rings (SSSR count). The van der Waals surface area contributed by atoms with Crippen molar-refractivity contribution in [3.63, 3.8) is 0 Å². The Balaban J connectivity index is 0.995. The largest absolute Gasteiger partial charge is 0.497 e. The molecule has 3 fully saturated rings. The van der Waals surface area contributed by atoms with Gasteiger partial charge in [0, 0.05) is 50.8 Å². The second-order valence-electron chi connectivity index (χ2n) is 11.9. The maximum atomic E-state index is 13.0. The number of pyridine rings is 1. The van der Waals surface area contributed by atoms with Crippen molar-refractivity contribution in [1.82, 2.24) is 14.8 Å². The van der Waals surface area contributed by atoms with Gasteiger partial charge in [-0.1, -0.05) is 18.2 Å². The van der Waals surface area contributed by atoms with E-state index in [0.717, 1.165) is 69.7 Å². The quantitative estimate of drug-likeness (QED) is 0.396. The summed E-state index contributed by atoms with van der Waals surface area (Å²) in [6.07, 6.45) is 6.24. The van der Waals surface area contributed by atoms with E-state index < -0.39 is 0 Å². The average molecular weight is 558 g/mol. The van der Waals surface area contributed by atoms with Gasteiger partial charge in [-0.15, -0.1) is 0 Å². The molecule has 1 spiro atoms. The topological polar surface area (TPSA) is 84.4 Å². The van der Waals surface area contributed by atoms with Crippen LogP contribution in [-0.4, -0.2) is 72.3 Å². The number of likely N-dealkylation sites (tertiary alicyclic amines) is 2. The molecule has 0 radical (unpaired) electrons. The van der Waals surface area contributed by atoms with Crippen LogP contribution in [0.4, 0.5) is 0 Å². The molecule has 8 nitrogen and oxygen atoms in total. The number of benzene rings is 2. The minimum absolute atomic E-state index is 0.0422. The Morgan fingerprint density at radius 3 is 2.32 bits per heavy atom. The number of nitrogens with zero attached hydrogens (tertiary/aromatic N) is 3. The fourth-order valence-corrected chi connectivity index (χ4v) is 6.67. The third-order valence-corrected chi connectivity index (χ3v) is 8.94. The van der Waals surface area contributed by atoms with Crippen LogP contribution in [0, 0.1) is 5.41 Å². The number of hydrogen-bond donors (Lipinski definition) is 1. The van der Waals surface area contributed by atoms with E-state index in [1.165, 1.54) is 11.1 Å². The molecule has 1 N–H and O–H groups in total. The van der Waals surface area contributed by atoms with Crippen LogP contribution in [0.1, 0.15) is 58.8 Å². The number of methoxy groups -OCH3 is 2. The zero-order valence-electron chi connectivity index (χ0n) is 23.9. The summed E-state index contributed by atoms with van der Waals surface area (Å²) < 4.78 is 16.8. The van der Waals surface area contributed by atoms with Gasteiger partial charge in [-0.25, -0.2) is 4.98 Å². The van der Waals surface area contributed by atoms with Crippen LogP contribution >= 0.6 is 0 Å². The molecule has 0 bridgehead atoms. The lowest BCUT2D eigenvalue weighted by Crippen LogP contribution is -2.72. The number of amides is 1. The molecule has 2 aliphatic heterocycles. The van der Waals surface area contributed by atoms with Gasteiger partial charge < -0.3 is 24.2 Å². The normalized spacial score (nSPS) is 21.7. The summed E-state index contributed by atoms with van der Waals surface area (Å²) in [5.41, 5.74) is 3.89. The highest BCUT2D eigenvalue weighted by Gasteiger charge is 2.53. The number of carbonyl (C=O) groups excluding carboxylic acids is 1. The van der Waals surface area contributed by atoms with Crippen molar-refractivity contribution in [2.75, 3.05) is 40.4 Å². The smallest absolute Gasteiger partial charge is 0.272 e. The lowest BCUT2D eigenvalue weighted by atomic mass is 9.72. The summed E-state index contributed by atoms with van der Waals surface area (Å²) in [5.74, 6) is 2.45. The van der Waals surface area contributed by atoms with Crippen molar-refractivity contribution >= 4 is 5.91 Å². The Bertz CT molecular complexity index is 1340. The Hall–Kier alpha value is -3.46. The first-order valence-corrected chi connectivity index (χ1v) is 14.5. The molecule has 2 saturated heterocycles. The number of ether oxygens (including phenoxy) is 3. The zero-order chi connectivity index (χ0) is 28.4. The highest BCUT2D eigenvalue weighted by molar-refractivity contribution is 5.93. The summed E-state index contributed by atoms with van der Waals surface area (Å²) >= 11 is 0. The molecule has 3 aliphatic rings. The van der Waals surface area contributed by atoms with E-state index in [-0.39, 0.29) is 17.9 Å². The Kier molecular flexibility index (Phi) is 7.97. The van der Waals surface area contributed by atoms with E-state index in [0.29, 0.717) is 29.2 Å². The Morgan fingerprint density at radius 1 is 0.951 bits per heavy atom. The molecule has 1 saturated carbocycles. The summed E-state index contributed by atoms with van der Waals surface area (Å²) in [4.78, 5) is 21.8. The molecule has 8 heteroatoms. The average Bonchev–Trinajstić information content (AvgIpc) is 2.98. The number of aliphatic hydroxyl groups excluding tert-OH is 1. The number of carbonyl (C=O) groups is 1. The van der Waals surface area contributed by atoms with E-state index in [2.05, 4.69) is 34.1 Å². The van der Waals surface area contributed by atoms with Gasteiger partial charge in [-0.3, -0.25) is 9.69 Å². The second kappa shape index (κ2) is 11.8. The van der Waals surface area contributed by atoms with Crippen molar-refractivity contribution in [1.29, 1.82) is 0 Å². The molecule has 0 unspecified atom stereocenters. The van der Waals surface area contributed by atoms with Crippen LogP contribution in [0.25, 0.3) is 0 Å². The van der Waals surface area contributed by atoms with E-state index in [1.54, 1.807) is 32.5 Å². The molecule has 41 heavy (non-hydrogen) atoms. The first-order chi connectivity index (χ1) is 20.0. The van der Waals surface area contributed by atoms with Crippen LogP contribution < -0.4 is 9.47 Å². The standard InChI is InChI=1S/C33H39N3O5/c1-39-27-8-3-23(4-9-27)17-35-19-33(20-35)21-36(22-33)32(38)30-13-12-29(16-34-30)41-31-14-7-25(15-26(31)18-37)24-5-10-28(40-2)11-6-24/h3-4,7-9,12-16,24,28,37H,5-6,10-11,17-22H2,1-2H3. The van der Waals surface area contributed by atoms with Crippen molar-refractivity contribution < 1.29 is 24.1 Å². The third kappa shape index (κ3) is 5.96. The highest BCUT2D eigenvalue weighted by Crippen LogP contribution is 2.41. The van der Waals surface area contributed by atoms with Gasteiger partial charge in [0.25, 0.3) is 5.91 Å². The summed E-state index contributed by atoms with van der Waals surface area (Å²) in [6.45, 7) is 4.36. The number of rotatable bonds is 9. The van der Waals surface area contributed by atoms with Gasteiger partial charge in [0.05, 0.1) is 26.0 Å². The molecule has 0 atom stereocenters. The second-order valence-corrected chi connectivity index (χ2v) is 11.9. The van der Waals surface area contributed by atoms with Crippen LogP contribution in [-0.2, 0) is 17.9 Å². The SMILES string of the molecule is COc1ccc(CN2CC3(C2)CN(C(=O)c2ccc(Oc4ccc(C5CCC(OC)CC5)cc4CO)cn2)C3)cc1. The highest BCUT2D eigenvalue weighted by atomic mass is 16.5. The molecule has 3 aromatic rings. The maximum absolute atomic E-state index is 13.0. The minimum atomic E-state index is -0.102. The monoisotopic (exact) mass is 557 g/mol. The van der Waals surface area contributed by atoms with Crippen molar-refractivity contribution in [2.24, 2.45) is 5.41 Å². The first-order valence-electron chi connectivity index (χ1n) is 14.5. The third-order valence-electron chi connectivity index (χ3n) is 8.94. The zero-order valence-corrected chi connectivity index (χ0v) is 23.9. The molecule has 1 aliphatic carbocycles. The van der Waals surface area contributed by atoms with Crippen LogP contribution in [0.3, 0.4) is 0 Å². The summed E-state index contributed by atoms with van der Waals surface area (Å²) in [7, 11) is 3.46. The van der Waals surface area contributed by atoms with E-state index >= 15 is 0 Å². The first kappa shape index (κ1) is 27.7. The maximum Gasteiger partial charge on any atom is 0.272 e. The van der Waals surface area contributed by atoms with Crippen molar-refractivity contribution in [3.8, 4) is 17.2 Å². The predicted molar refractivity (Wildman–Crippen MR) is 155 cm³/mol. The van der Waals surface area contributed by atoms with E-state index in [9.17, 15) is 9.90 Å². The van der Waals surface area contributed by atoms with Gasteiger partial charge in [-0.05, 0) is 79.1 Å². The van der Waals surface area contributed by atoms with Crippen molar-refractivity contribution in [3.05, 3.63) is 83.2 Å². The van der Waals surface area contributed by atoms with Crippen LogP contribution in [0.2, 0.25) is 0 Å². The predicted octanol–water partition coefficient (Wildman–Crippen LogP) is 5.01. The molecule has 1 amide bonds. The van der Waals surface area contributed by atoms with E-state index in [4.69, 9.17) is 14.2 Å². The minimum Gasteiger partial charge on any atom is -0.497 e. The lowest BCUT2D eigenvalue weighted by Gasteiger charge is -2.60. The van der Waals surface area contributed by atoms with Gasteiger partial charge in [0.1, 0.15) is 22.9 Å². The molecule has 3 heterocycles. The molecule has 216 valence electrons.